The van der Waals surface area contributed by atoms with Gasteiger partial charge in [0.15, 0.2) is 19.0 Å². The number of benzene rings is 2. The van der Waals surface area contributed by atoms with E-state index in [-0.39, 0.29) is 24.9 Å². The van der Waals surface area contributed by atoms with Crippen LogP contribution in [0.15, 0.2) is 36.4 Å². The zero-order chi connectivity index (χ0) is 16.4. The molecule has 23 heavy (non-hydrogen) atoms. The maximum Gasteiger partial charge on any atom is 0.262 e. The lowest BCUT2D eigenvalue weighted by Crippen LogP contribution is -2.25. The molecule has 0 unspecified atom stereocenters. The van der Waals surface area contributed by atoms with Crippen molar-refractivity contribution in [2.45, 2.75) is 13.8 Å². The van der Waals surface area contributed by atoms with Crippen molar-refractivity contribution < 1.29 is 19.1 Å². The van der Waals surface area contributed by atoms with E-state index in [9.17, 15) is 9.59 Å². The van der Waals surface area contributed by atoms with Crippen molar-refractivity contribution in [1.82, 2.24) is 0 Å². The summed E-state index contributed by atoms with van der Waals surface area (Å²) < 4.78 is 10.8. The maximum atomic E-state index is 12.2. The summed E-state index contributed by atoms with van der Waals surface area (Å²) in [4.78, 5) is 23.5. The number of ether oxygens (including phenoxy) is 2. The van der Waals surface area contributed by atoms with Crippen LogP contribution in [0, 0.1) is 13.8 Å². The third-order valence-electron chi connectivity index (χ3n) is 3.78. The summed E-state index contributed by atoms with van der Waals surface area (Å²) in [6.07, 6.45) is 0. The van der Waals surface area contributed by atoms with Gasteiger partial charge < -0.3 is 14.8 Å². The average Bonchev–Trinajstić information content (AvgIpc) is 2.54. The van der Waals surface area contributed by atoms with Crippen molar-refractivity contribution in [2.75, 3.05) is 18.5 Å². The molecule has 5 heteroatoms. The molecule has 0 aromatic heterocycles. The van der Waals surface area contributed by atoms with Crippen LogP contribution in [0.1, 0.15) is 21.5 Å². The highest BCUT2D eigenvalue weighted by atomic mass is 16.5. The van der Waals surface area contributed by atoms with E-state index in [1.165, 1.54) is 0 Å². The quantitative estimate of drug-likeness (QED) is 0.882. The van der Waals surface area contributed by atoms with Gasteiger partial charge in [-0.1, -0.05) is 12.1 Å². The highest BCUT2D eigenvalue weighted by molar-refractivity contribution is 5.97. The number of carbonyl (C=O) groups excluding carboxylic acids is 2. The summed E-state index contributed by atoms with van der Waals surface area (Å²) in [5, 5.41) is 2.70. The molecule has 1 aliphatic heterocycles. The first-order valence-electron chi connectivity index (χ1n) is 7.33. The monoisotopic (exact) mass is 311 g/mol. The van der Waals surface area contributed by atoms with Crippen molar-refractivity contribution >= 4 is 17.4 Å². The minimum absolute atomic E-state index is 0.0124. The molecule has 0 fully saturated rings. The standard InChI is InChI=1S/C18H17NO4/c1-11-3-4-13(7-12(11)2)16(20)9-22-14-5-6-17-15(8-14)19-18(21)10-23-17/h3-8H,9-10H2,1-2H3,(H,19,21). The number of amides is 1. The number of hydrogen-bond acceptors (Lipinski definition) is 4. The fourth-order valence-corrected chi connectivity index (χ4v) is 2.30. The summed E-state index contributed by atoms with van der Waals surface area (Å²) in [5.74, 6) is 0.802. The number of hydrogen-bond donors (Lipinski definition) is 1. The molecule has 1 amide bonds. The Morgan fingerprint density at radius 3 is 2.78 bits per heavy atom. The van der Waals surface area contributed by atoms with Gasteiger partial charge in [0.25, 0.3) is 5.91 Å². The predicted molar refractivity (Wildman–Crippen MR) is 86.3 cm³/mol. The Kier molecular flexibility index (Phi) is 4.02. The first-order valence-corrected chi connectivity index (χ1v) is 7.33. The molecule has 2 aromatic rings. The van der Waals surface area contributed by atoms with Gasteiger partial charge in [-0.2, -0.15) is 0 Å². The molecule has 5 nitrogen and oxygen atoms in total. The molecule has 118 valence electrons. The Morgan fingerprint density at radius 2 is 2.00 bits per heavy atom. The fourth-order valence-electron chi connectivity index (χ4n) is 2.30. The molecule has 1 aliphatic rings. The van der Waals surface area contributed by atoms with Crippen LogP contribution in [0.3, 0.4) is 0 Å². The molecule has 0 spiro atoms. The van der Waals surface area contributed by atoms with Crippen LogP contribution in [-0.4, -0.2) is 24.9 Å². The largest absolute Gasteiger partial charge is 0.485 e. The predicted octanol–water partition coefficient (Wildman–Crippen LogP) is 2.90. The van der Waals surface area contributed by atoms with Crippen molar-refractivity contribution in [1.29, 1.82) is 0 Å². The first kappa shape index (κ1) is 15.1. The topological polar surface area (TPSA) is 64.6 Å². The van der Waals surface area contributed by atoms with Gasteiger partial charge in [0.1, 0.15) is 11.5 Å². The second kappa shape index (κ2) is 6.12. The molecular weight excluding hydrogens is 294 g/mol. The second-order valence-corrected chi connectivity index (χ2v) is 5.51. The number of anilines is 1. The highest BCUT2D eigenvalue weighted by Gasteiger charge is 2.16. The van der Waals surface area contributed by atoms with E-state index in [1.807, 2.05) is 26.0 Å². The van der Waals surface area contributed by atoms with E-state index < -0.39 is 0 Å². The van der Waals surface area contributed by atoms with Gasteiger partial charge >= 0.3 is 0 Å². The number of rotatable bonds is 4. The number of nitrogens with one attached hydrogen (secondary N) is 1. The van der Waals surface area contributed by atoms with Crippen LogP contribution in [-0.2, 0) is 4.79 Å². The summed E-state index contributed by atoms with van der Waals surface area (Å²) in [6, 6.07) is 10.7. The lowest BCUT2D eigenvalue weighted by atomic mass is 10.0. The Morgan fingerprint density at radius 1 is 1.17 bits per heavy atom. The molecule has 0 bridgehead atoms. The Labute approximate surface area is 134 Å². The van der Waals surface area contributed by atoms with Crippen molar-refractivity contribution in [3.05, 3.63) is 53.1 Å². The fraction of sp³-hybridized carbons (Fsp3) is 0.222. The Bertz CT molecular complexity index is 783. The van der Waals surface area contributed by atoms with Gasteiger partial charge in [0.2, 0.25) is 0 Å². The van der Waals surface area contributed by atoms with Crippen LogP contribution in [0.2, 0.25) is 0 Å². The van der Waals surface area contributed by atoms with Gasteiger partial charge in [-0.3, -0.25) is 9.59 Å². The second-order valence-electron chi connectivity index (χ2n) is 5.51. The average molecular weight is 311 g/mol. The first-order chi connectivity index (χ1) is 11.0. The number of Topliss-reactive ketones (excluding diaryl/α,β-unsaturated/α-hetero) is 1. The van der Waals surface area contributed by atoms with Gasteiger partial charge in [-0.15, -0.1) is 0 Å². The smallest absolute Gasteiger partial charge is 0.262 e. The molecule has 0 saturated heterocycles. The maximum absolute atomic E-state index is 12.2. The van der Waals surface area contributed by atoms with E-state index in [4.69, 9.17) is 9.47 Å². The third kappa shape index (κ3) is 3.34. The van der Waals surface area contributed by atoms with Crippen LogP contribution < -0.4 is 14.8 Å². The zero-order valence-electron chi connectivity index (χ0n) is 13.0. The lowest BCUT2D eigenvalue weighted by Gasteiger charge is -2.18. The van der Waals surface area contributed by atoms with Crippen LogP contribution in [0.25, 0.3) is 0 Å². The summed E-state index contributed by atoms with van der Waals surface area (Å²) in [6.45, 7) is 3.93. The van der Waals surface area contributed by atoms with Crippen molar-refractivity contribution in [3.8, 4) is 11.5 Å². The van der Waals surface area contributed by atoms with Crippen molar-refractivity contribution in [3.63, 3.8) is 0 Å². The van der Waals surface area contributed by atoms with E-state index in [0.29, 0.717) is 22.7 Å². The van der Waals surface area contributed by atoms with E-state index in [0.717, 1.165) is 11.1 Å². The summed E-state index contributed by atoms with van der Waals surface area (Å²) in [7, 11) is 0. The number of aryl methyl sites for hydroxylation is 2. The number of carbonyl (C=O) groups is 2. The lowest BCUT2D eigenvalue weighted by molar-refractivity contribution is -0.118. The minimum atomic E-state index is -0.208. The van der Waals surface area contributed by atoms with Gasteiger partial charge in [-0.05, 0) is 43.2 Å². The normalized spacial score (nSPS) is 12.9. The van der Waals surface area contributed by atoms with Gasteiger partial charge in [-0.25, -0.2) is 0 Å². The Hall–Kier alpha value is -2.82. The molecule has 2 aromatic carbocycles. The molecule has 1 heterocycles. The highest BCUT2D eigenvalue weighted by Crippen LogP contribution is 2.31. The SMILES string of the molecule is Cc1ccc(C(=O)COc2ccc3c(c2)NC(=O)CO3)cc1C. The van der Waals surface area contributed by atoms with Gasteiger partial charge in [0, 0.05) is 11.6 Å². The summed E-state index contributed by atoms with van der Waals surface area (Å²) in [5.41, 5.74) is 3.40. The molecule has 1 N–H and O–H groups in total. The molecule has 0 radical (unpaired) electrons. The molecule has 0 atom stereocenters. The van der Waals surface area contributed by atoms with Crippen LogP contribution in [0.4, 0.5) is 5.69 Å². The van der Waals surface area contributed by atoms with Crippen LogP contribution >= 0.6 is 0 Å². The summed E-state index contributed by atoms with van der Waals surface area (Å²) >= 11 is 0. The van der Waals surface area contributed by atoms with Gasteiger partial charge in [0.05, 0.1) is 5.69 Å². The minimum Gasteiger partial charge on any atom is -0.485 e. The van der Waals surface area contributed by atoms with Crippen LogP contribution in [0.5, 0.6) is 11.5 Å². The number of ketones is 1. The van der Waals surface area contributed by atoms with E-state index >= 15 is 0 Å². The Balaban J connectivity index is 1.68. The molecule has 0 saturated carbocycles. The zero-order valence-corrected chi connectivity index (χ0v) is 13.0. The number of fused-ring (bicyclic) bond motifs is 1. The molecule has 0 aliphatic carbocycles. The molecule has 3 rings (SSSR count). The van der Waals surface area contributed by atoms with E-state index in [1.54, 1.807) is 24.3 Å². The third-order valence-corrected chi connectivity index (χ3v) is 3.78. The van der Waals surface area contributed by atoms with Crippen molar-refractivity contribution in [2.24, 2.45) is 0 Å². The van der Waals surface area contributed by atoms with E-state index in [2.05, 4.69) is 5.32 Å². The molecular formula is C18H17NO4.